The minimum absolute atomic E-state index is 0.0644. The molecule has 1 N–H and O–H groups in total. The first-order valence-electron chi connectivity index (χ1n) is 7.40. The number of carbonyl (C=O) groups excluding carboxylic acids is 1. The number of ether oxygens (including phenoxy) is 2. The second-order valence-electron chi connectivity index (χ2n) is 5.48. The summed E-state index contributed by atoms with van der Waals surface area (Å²) in [5.41, 5.74) is 1.17. The Morgan fingerprint density at radius 1 is 1.43 bits per heavy atom. The Hall–Kier alpha value is -2.48. The van der Waals surface area contributed by atoms with Gasteiger partial charge in [-0.05, 0) is 24.1 Å². The number of amides is 1. The Morgan fingerprint density at radius 3 is 2.91 bits per heavy atom. The molecule has 1 fully saturated rings. The van der Waals surface area contributed by atoms with Gasteiger partial charge in [0.25, 0.3) is 5.91 Å². The summed E-state index contributed by atoms with van der Waals surface area (Å²) in [6.07, 6.45) is 4.36. The van der Waals surface area contributed by atoms with Crippen molar-refractivity contribution in [2.75, 3.05) is 20.3 Å². The summed E-state index contributed by atoms with van der Waals surface area (Å²) in [4.78, 5) is 20.4. The van der Waals surface area contributed by atoms with Gasteiger partial charge in [0.2, 0.25) is 5.82 Å². The van der Waals surface area contributed by atoms with Crippen LogP contribution < -0.4 is 10.1 Å². The van der Waals surface area contributed by atoms with Gasteiger partial charge in [0.05, 0.1) is 26.4 Å². The maximum absolute atomic E-state index is 12.3. The first kappa shape index (κ1) is 15.4. The van der Waals surface area contributed by atoms with Crippen molar-refractivity contribution in [1.82, 2.24) is 25.1 Å². The van der Waals surface area contributed by atoms with Gasteiger partial charge in [-0.3, -0.25) is 9.78 Å². The van der Waals surface area contributed by atoms with Crippen LogP contribution in [0, 0.1) is 5.92 Å². The van der Waals surface area contributed by atoms with Crippen LogP contribution in [0.5, 0.6) is 6.01 Å². The molecule has 0 radical (unpaired) electrons. The Labute approximate surface area is 133 Å². The topological polar surface area (TPSA) is 91.2 Å². The lowest BCUT2D eigenvalue weighted by Crippen LogP contribution is -2.41. The molecule has 0 aromatic carbocycles. The molecule has 8 heteroatoms. The van der Waals surface area contributed by atoms with Crippen LogP contribution in [0.3, 0.4) is 0 Å². The van der Waals surface area contributed by atoms with E-state index in [0.29, 0.717) is 19.2 Å². The lowest BCUT2D eigenvalue weighted by Gasteiger charge is -2.18. The highest BCUT2D eigenvalue weighted by atomic mass is 16.5. The standard InChI is InChI=1S/C15H19N5O3/c1-20-15(22-2)18-13(19-20)14(21)17-12-9-23-8-11(12)7-10-3-5-16-6-4-10/h3-6,11-12H,7-9H2,1-2H3,(H,17,21)/t11-,12+/m1/s1. The number of methoxy groups -OCH3 is 1. The SMILES string of the molecule is COc1nc(C(=O)N[C@H]2COC[C@H]2Cc2ccncc2)nn1C. The largest absolute Gasteiger partial charge is 0.467 e. The molecular formula is C15H19N5O3. The molecule has 1 saturated heterocycles. The molecule has 2 aromatic rings. The molecule has 3 rings (SSSR count). The minimum atomic E-state index is -0.320. The highest BCUT2D eigenvalue weighted by Crippen LogP contribution is 2.19. The van der Waals surface area contributed by atoms with Crippen LogP contribution in [-0.2, 0) is 18.2 Å². The highest BCUT2D eigenvalue weighted by Gasteiger charge is 2.31. The zero-order chi connectivity index (χ0) is 16.2. The van der Waals surface area contributed by atoms with Crippen LogP contribution in [0.1, 0.15) is 16.2 Å². The van der Waals surface area contributed by atoms with Crippen LogP contribution in [0.25, 0.3) is 0 Å². The van der Waals surface area contributed by atoms with Gasteiger partial charge in [-0.2, -0.15) is 4.98 Å². The van der Waals surface area contributed by atoms with Gasteiger partial charge < -0.3 is 14.8 Å². The van der Waals surface area contributed by atoms with E-state index in [1.807, 2.05) is 12.1 Å². The fourth-order valence-corrected chi connectivity index (χ4v) is 2.66. The summed E-state index contributed by atoms with van der Waals surface area (Å²) in [6, 6.07) is 4.18. The average Bonchev–Trinajstić information content (AvgIpc) is 3.15. The Bertz CT molecular complexity index is 673. The van der Waals surface area contributed by atoms with Gasteiger partial charge in [-0.15, -0.1) is 5.10 Å². The number of nitrogens with one attached hydrogen (secondary N) is 1. The van der Waals surface area contributed by atoms with E-state index in [4.69, 9.17) is 9.47 Å². The molecule has 2 atom stereocenters. The van der Waals surface area contributed by atoms with Crippen molar-refractivity contribution >= 4 is 5.91 Å². The highest BCUT2D eigenvalue weighted by molar-refractivity contribution is 5.90. The molecule has 3 heterocycles. The van der Waals surface area contributed by atoms with E-state index in [9.17, 15) is 4.79 Å². The van der Waals surface area contributed by atoms with E-state index >= 15 is 0 Å². The molecule has 122 valence electrons. The van der Waals surface area contributed by atoms with Gasteiger partial charge >= 0.3 is 6.01 Å². The molecule has 1 aliphatic rings. The van der Waals surface area contributed by atoms with Crippen molar-refractivity contribution in [1.29, 1.82) is 0 Å². The first-order valence-corrected chi connectivity index (χ1v) is 7.40. The smallest absolute Gasteiger partial charge is 0.314 e. The molecule has 0 aliphatic carbocycles. The minimum Gasteiger partial charge on any atom is -0.467 e. The van der Waals surface area contributed by atoms with Gasteiger partial charge in [0.15, 0.2) is 0 Å². The third kappa shape index (κ3) is 3.48. The molecule has 0 unspecified atom stereocenters. The number of hydrogen-bond acceptors (Lipinski definition) is 6. The second kappa shape index (κ2) is 6.74. The zero-order valence-corrected chi connectivity index (χ0v) is 13.1. The number of aryl methyl sites for hydroxylation is 1. The van der Waals surface area contributed by atoms with Crippen LogP contribution in [0.4, 0.5) is 0 Å². The van der Waals surface area contributed by atoms with E-state index in [1.165, 1.54) is 17.4 Å². The number of rotatable bonds is 5. The van der Waals surface area contributed by atoms with Crippen molar-refractivity contribution in [3.8, 4) is 6.01 Å². The number of nitrogens with zero attached hydrogens (tertiary/aromatic N) is 4. The van der Waals surface area contributed by atoms with E-state index < -0.39 is 0 Å². The number of aromatic nitrogens is 4. The van der Waals surface area contributed by atoms with Crippen LogP contribution in [0.2, 0.25) is 0 Å². The van der Waals surface area contributed by atoms with Gasteiger partial charge in [0.1, 0.15) is 0 Å². The monoisotopic (exact) mass is 317 g/mol. The maximum Gasteiger partial charge on any atom is 0.314 e. The first-order chi connectivity index (χ1) is 11.2. The summed E-state index contributed by atoms with van der Waals surface area (Å²) >= 11 is 0. The number of carbonyl (C=O) groups is 1. The average molecular weight is 317 g/mol. The predicted molar refractivity (Wildman–Crippen MR) is 81.1 cm³/mol. The van der Waals surface area contributed by atoms with E-state index in [2.05, 4.69) is 20.4 Å². The summed E-state index contributed by atoms with van der Waals surface area (Å²) in [5, 5.41) is 7.01. The molecule has 1 aliphatic heterocycles. The Balaban J connectivity index is 1.64. The van der Waals surface area contributed by atoms with Crippen LogP contribution >= 0.6 is 0 Å². The third-order valence-corrected chi connectivity index (χ3v) is 3.87. The fraction of sp³-hybridized carbons (Fsp3) is 0.467. The molecule has 0 bridgehead atoms. The van der Waals surface area contributed by atoms with E-state index in [1.54, 1.807) is 19.4 Å². The number of pyridine rings is 1. The van der Waals surface area contributed by atoms with Gasteiger partial charge in [-0.1, -0.05) is 0 Å². The number of hydrogen-bond donors (Lipinski definition) is 1. The van der Waals surface area contributed by atoms with Crippen molar-refractivity contribution in [2.24, 2.45) is 13.0 Å². The van der Waals surface area contributed by atoms with E-state index in [0.717, 1.165) is 6.42 Å². The van der Waals surface area contributed by atoms with Crippen molar-refractivity contribution in [3.05, 3.63) is 35.9 Å². The normalized spacial score (nSPS) is 20.4. The van der Waals surface area contributed by atoms with Crippen LogP contribution in [0.15, 0.2) is 24.5 Å². The molecule has 8 nitrogen and oxygen atoms in total. The molecule has 2 aromatic heterocycles. The van der Waals surface area contributed by atoms with Crippen molar-refractivity contribution in [2.45, 2.75) is 12.5 Å². The van der Waals surface area contributed by atoms with E-state index in [-0.39, 0.29) is 23.7 Å². The quantitative estimate of drug-likeness (QED) is 0.847. The Kier molecular flexibility index (Phi) is 4.52. The third-order valence-electron chi connectivity index (χ3n) is 3.87. The van der Waals surface area contributed by atoms with Crippen molar-refractivity contribution < 1.29 is 14.3 Å². The van der Waals surface area contributed by atoms with Crippen LogP contribution in [-0.4, -0.2) is 52.0 Å². The van der Waals surface area contributed by atoms with Gasteiger partial charge in [0, 0.05) is 25.4 Å². The molecule has 1 amide bonds. The maximum atomic E-state index is 12.3. The van der Waals surface area contributed by atoms with Crippen molar-refractivity contribution in [3.63, 3.8) is 0 Å². The molecule has 0 spiro atoms. The summed E-state index contributed by atoms with van der Waals surface area (Å²) in [7, 11) is 3.16. The summed E-state index contributed by atoms with van der Waals surface area (Å²) in [6.45, 7) is 1.11. The fourth-order valence-electron chi connectivity index (χ4n) is 2.66. The summed E-state index contributed by atoms with van der Waals surface area (Å²) in [5.74, 6) is -0.00926. The van der Waals surface area contributed by atoms with Gasteiger partial charge in [-0.25, -0.2) is 4.68 Å². The molecular weight excluding hydrogens is 298 g/mol. The lowest BCUT2D eigenvalue weighted by molar-refractivity contribution is 0.0914. The Morgan fingerprint density at radius 2 is 2.22 bits per heavy atom. The lowest BCUT2D eigenvalue weighted by atomic mass is 9.95. The molecule has 23 heavy (non-hydrogen) atoms. The second-order valence-corrected chi connectivity index (χ2v) is 5.48. The molecule has 0 saturated carbocycles. The predicted octanol–water partition coefficient (Wildman–Crippen LogP) is 0.206. The summed E-state index contributed by atoms with van der Waals surface area (Å²) < 4.78 is 12.0. The zero-order valence-electron chi connectivity index (χ0n) is 13.1.